The molecular formula is C27H34F3N3O4S. The zero-order chi connectivity index (χ0) is 27.7. The number of piperidine rings is 1. The van der Waals surface area contributed by atoms with Gasteiger partial charge in [-0.15, -0.1) is 0 Å². The molecule has 2 heterocycles. The molecule has 0 radical (unpaired) electrons. The SMILES string of the molecule is COc1ccc(C(C)C)cc1S(=O)(=O)N1CCC[C@H](C(=O)N2CCN(c3cccc(C(F)(F)F)c3)CC2)C1. The lowest BCUT2D eigenvalue weighted by Crippen LogP contribution is -2.53. The number of carbonyl (C=O) groups is 1. The predicted octanol–water partition coefficient (Wildman–Crippen LogP) is 4.59. The van der Waals surface area contributed by atoms with Gasteiger partial charge in [0, 0.05) is 45.0 Å². The number of carbonyl (C=O) groups excluding carboxylic acids is 1. The third kappa shape index (κ3) is 5.93. The average molecular weight is 554 g/mol. The molecule has 0 N–H and O–H groups in total. The van der Waals surface area contributed by atoms with Crippen molar-refractivity contribution in [2.45, 2.75) is 43.7 Å². The molecule has 2 aliphatic heterocycles. The standard InChI is InChI=1S/C27H34F3N3O4S/c1-19(2)20-9-10-24(37-3)25(16-20)38(35,36)33-11-5-6-21(18-33)26(34)32-14-12-31(13-15-32)23-8-4-7-22(17-23)27(28,29)30/h4,7-10,16-17,19,21H,5-6,11-15,18H2,1-3H3/t21-/m0/s1. The van der Waals surface area contributed by atoms with E-state index in [1.807, 2.05) is 24.8 Å². The molecule has 38 heavy (non-hydrogen) atoms. The van der Waals surface area contributed by atoms with E-state index >= 15 is 0 Å². The zero-order valence-corrected chi connectivity index (χ0v) is 22.7. The van der Waals surface area contributed by atoms with Crippen LogP contribution >= 0.6 is 0 Å². The molecule has 0 saturated carbocycles. The normalized spacial score (nSPS) is 19.6. The van der Waals surface area contributed by atoms with Crippen LogP contribution in [0.2, 0.25) is 0 Å². The Bertz CT molecular complexity index is 1260. The lowest BCUT2D eigenvalue weighted by molar-refractivity contribution is -0.137. The van der Waals surface area contributed by atoms with Gasteiger partial charge in [0.25, 0.3) is 0 Å². The van der Waals surface area contributed by atoms with Gasteiger partial charge in [-0.05, 0) is 54.7 Å². The van der Waals surface area contributed by atoms with E-state index in [2.05, 4.69) is 0 Å². The number of benzene rings is 2. The molecule has 0 aromatic heterocycles. The fourth-order valence-corrected chi connectivity index (χ4v) is 6.79. The number of amides is 1. The highest BCUT2D eigenvalue weighted by Crippen LogP contribution is 2.34. The van der Waals surface area contributed by atoms with Gasteiger partial charge >= 0.3 is 6.18 Å². The van der Waals surface area contributed by atoms with Gasteiger partial charge in [0.15, 0.2) is 0 Å². The summed E-state index contributed by atoms with van der Waals surface area (Å²) in [5, 5.41) is 0. The largest absolute Gasteiger partial charge is 0.495 e. The van der Waals surface area contributed by atoms with Crippen molar-refractivity contribution in [2.75, 3.05) is 51.3 Å². The number of methoxy groups -OCH3 is 1. The fourth-order valence-electron chi connectivity index (χ4n) is 5.08. The maximum atomic E-state index is 13.6. The molecule has 0 spiro atoms. The number of rotatable bonds is 6. The van der Waals surface area contributed by atoms with E-state index < -0.39 is 27.7 Å². The summed E-state index contributed by atoms with van der Waals surface area (Å²) in [4.78, 5) is 17.0. The summed E-state index contributed by atoms with van der Waals surface area (Å²) < 4.78 is 73.3. The van der Waals surface area contributed by atoms with E-state index in [1.165, 1.54) is 17.5 Å². The van der Waals surface area contributed by atoms with Crippen LogP contribution < -0.4 is 9.64 Å². The minimum absolute atomic E-state index is 0.0874. The van der Waals surface area contributed by atoms with Gasteiger partial charge in [-0.3, -0.25) is 4.79 Å². The molecule has 0 bridgehead atoms. The number of anilines is 1. The lowest BCUT2D eigenvalue weighted by atomic mass is 9.97. The van der Waals surface area contributed by atoms with E-state index in [-0.39, 0.29) is 29.0 Å². The summed E-state index contributed by atoms with van der Waals surface area (Å²) in [6.07, 6.45) is -3.27. The van der Waals surface area contributed by atoms with E-state index in [9.17, 15) is 26.4 Å². The molecule has 2 aromatic carbocycles. The molecule has 0 aliphatic carbocycles. The first-order valence-electron chi connectivity index (χ1n) is 12.8. The van der Waals surface area contributed by atoms with E-state index in [0.29, 0.717) is 51.3 Å². The molecule has 7 nitrogen and oxygen atoms in total. The van der Waals surface area contributed by atoms with Gasteiger partial charge in [0.1, 0.15) is 10.6 Å². The highest BCUT2D eigenvalue weighted by Gasteiger charge is 2.37. The Kier molecular flexibility index (Phi) is 8.27. The van der Waals surface area contributed by atoms with Crippen LogP contribution in [0.1, 0.15) is 43.7 Å². The number of halogens is 3. The van der Waals surface area contributed by atoms with E-state index in [4.69, 9.17) is 4.74 Å². The van der Waals surface area contributed by atoms with Crippen molar-refractivity contribution < 1.29 is 31.1 Å². The van der Waals surface area contributed by atoms with Crippen LogP contribution in [0.5, 0.6) is 5.75 Å². The monoisotopic (exact) mass is 553 g/mol. The van der Waals surface area contributed by atoms with Crippen LogP contribution in [-0.4, -0.2) is 69.9 Å². The van der Waals surface area contributed by atoms with Crippen LogP contribution in [0.4, 0.5) is 18.9 Å². The second kappa shape index (κ2) is 11.1. The van der Waals surface area contributed by atoms with Crippen LogP contribution in [0.15, 0.2) is 47.4 Å². The summed E-state index contributed by atoms with van der Waals surface area (Å²) in [6, 6.07) is 10.4. The van der Waals surface area contributed by atoms with Crippen LogP contribution in [0.25, 0.3) is 0 Å². The number of hydrogen-bond donors (Lipinski definition) is 0. The van der Waals surface area contributed by atoms with Crippen molar-refractivity contribution in [1.82, 2.24) is 9.21 Å². The Morgan fingerprint density at radius 1 is 1.03 bits per heavy atom. The molecule has 0 unspecified atom stereocenters. The van der Waals surface area contributed by atoms with Crippen molar-refractivity contribution in [3.63, 3.8) is 0 Å². The van der Waals surface area contributed by atoms with Crippen molar-refractivity contribution in [1.29, 1.82) is 0 Å². The highest BCUT2D eigenvalue weighted by atomic mass is 32.2. The maximum absolute atomic E-state index is 13.6. The second-order valence-corrected chi connectivity index (χ2v) is 12.0. The van der Waals surface area contributed by atoms with Gasteiger partial charge < -0.3 is 14.5 Å². The number of piperazine rings is 1. The van der Waals surface area contributed by atoms with Gasteiger partial charge in [0.05, 0.1) is 18.6 Å². The smallest absolute Gasteiger partial charge is 0.416 e. The quantitative estimate of drug-likeness (QED) is 0.524. The number of alkyl halides is 3. The summed E-state index contributed by atoms with van der Waals surface area (Å²) in [5.41, 5.74) is 0.652. The van der Waals surface area contributed by atoms with Gasteiger partial charge in [-0.25, -0.2) is 8.42 Å². The topological polar surface area (TPSA) is 70.2 Å². The van der Waals surface area contributed by atoms with Crippen molar-refractivity contribution in [3.05, 3.63) is 53.6 Å². The number of nitrogens with zero attached hydrogens (tertiary/aromatic N) is 3. The first kappa shape index (κ1) is 28.2. The molecular weight excluding hydrogens is 519 g/mol. The van der Waals surface area contributed by atoms with Gasteiger partial charge in [0.2, 0.25) is 15.9 Å². The third-order valence-electron chi connectivity index (χ3n) is 7.34. The molecule has 2 aromatic rings. The predicted molar refractivity (Wildman–Crippen MR) is 139 cm³/mol. The Hall–Kier alpha value is -2.79. The minimum atomic E-state index is -4.42. The summed E-state index contributed by atoms with van der Waals surface area (Å²) >= 11 is 0. The van der Waals surface area contributed by atoms with Crippen molar-refractivity contribution in [3.8, 4) is 5.75 Å². The number of ether oxygens (including phenoxy) is 1. The first-order chi connectivity index (χ1) is 17.9. The molecule has 4 rings (SSSR count). The molecule has 2 fully saturated rings. The van der Waals surface area contributed by atoms with Crippen LogP contribution in [0, 0.1) is 5.92 Å². The molecule has 2 aliphatic rings. The summed E-state index contributed by atoms with van der Waals surface area (Å²) in [7, 11) is -2.45. The Morgan fingerprint density at radius 2 is 1.74 bits per heavy atom. The average Bonchev–Trinajstić information content (AvgIpc) is 2.92. The molecule has 11 heteroatoms. The van der Waals surface area contributed by atoms with Crippen molar-refractivity contribution >= 4 is 21.6 Å². The van der Waals surface area contributed by atoms with Crippen LogP contribution in [0.3, 0.4) is 0 Å². The van der Waals surface area contributed by atoms with Crippen molar-refractivity contribution in [2.24, 2.45) is 5.92 Å². The second-order valence-electron chi connectivity index (χ2n) is 10.1. The third-order valence-corrected chi connectivity index (χ3v) is 9.22. The highest BCUT2D eigenvalue weighted by molar-refractivity contribution is 7.89. The van der Waals surface area contributed by atoms with Gasteiger partial charge in [-0.2, -0.15) is 17.5 Å². The van der Waals surface area contributed by atoms with Crippen LogP contribution in [-0.2, 0) is 21.0 Å². The number of hydrogen-bond acceptors (Lipinski definition) is 5. The molecule has 1 atom stereocenters. The Balaban J connectivity index is 1.43. The fraction of sp³-hybridized carbons (Fsp3) is 0.519. The Labute approximate surface area is 222 Å². The zero-order valence-electron chi connectivity index (χ0n) is 21.9. The lowest BCUT2D eigenvalue weighted by Gasteiger charge is -2.39. The summed E-state index contributed by atoms with van der Waals surface area (Å²) in [5.74, 6) is -0.178. The molecule has 1 amide bonds. The summed E-state index contributed by atoms with van der Waals surface area (Å²) in [6.45, 7) is 5.92. The molecule has 208 valence electrons. The first-order valence-corrected chi connectivity index (χ1v) is 14.2. The maximum Gasteiger partial charge on any atom is 0.416 e. The van der Waals surface area contributed by atoms with E-state index in [0.717, 1.165) is 17.7 Å². The minimum Gasteiger partial charge on any atom is -0.495 e. The number of sulfonamides is 1. The molecule has 2 saturated heterocycles. The van der Waals surface area contributed by atoms with E-state index in [1.54, 1.807) is 23.1 Å². The Morgan fingerprint density at radius 3 is 2.37 bits per heavy atom. The van der Waals surface area contributed by atoms with Gasteiger partial charge in [-0.1, -0.05) is 26.0 Å².